The molecular formula is C26H31FN6O. The van der Waals surface area contributed by atoms with Crippen molar-refractivity contribution in [1.29, 1.82) is 0 Å². The fourth-order valence-electron chi connectivity index (χ4n) is 4.29. The van der Waals surface area contributed by atoms with Crippen molar-refractivity contribution in [3.05, 3.63) is 87.2 Å². The van der Waals surface area contributed by atoms with Crippen LogP contribution in [0.25, 0.3) is 10.9 Å². The van der Waals surface area contributed by atoms with E-state index in [4.69, 9.17) is 0 Å². The molecule has 0 spiro atoms. The van der Waals surface area contributed by atoms with Crippen molar-refractivity contribution >= 4 is 10.9 Å². The van der Waals surface area contributed by atoms with Gasteiger partial charge in [0.05, 0.1) is 11.6 Å². The fraction of sp³-hybridized carbons (Fsp3) is 0.385. The van der Waals surface area contributed by atoms with Crippen molar-refractivity contribution in [1.82, 2.24) is 30.1 Å². The number of hydrogen-bond acceptors (Lipinski definition) is 5. The molecule has 0 aliphatic heterocycles. The maximum absolute atomic E-state index is 13.5. The molecule has 0 saturated carbocycles. The second-order valence-corrected chi connectivity index (χ2v) is 9.79. The van der Waals surface area contributed by atoms with E-state index in [0.717, 1.165) is 34.3 Å². The molecule has 4 rings (SSSR count). The summed E-state index contributed by atoms with van der Waals surface area (Å²) in [5.74, 6) is 0.463. The van der Waals surface area contributed by atoms with Gasteiger partial charge in [0, 0.05) is 24.2 Å². The lowest BCUT2D eigenvalue weighted by molar-refractivity contribution is 0.153. The first kappa shape index (κ1) is 23.8. The molecule has 34 heavy (non-hydrogen) atoms. The van der Waals surface area contributed by atoms with Crippen LogP contribution in [0.15, 0.2) is 53.3 Å². The summed E-state index contributed by atoms with van der Waals surface area (Å²) in [6.07, 6.45) is 0.738. The molecule has 0 radical (unpaired) electrons. The van der Waals surface area contributed by atoms with Gasteiger partial charge in [-0.25, -0.2) is 9.07 Å². The number of nitrogens with one attached hydrogen (secondary N) is 1. The molecule has 0 amide bonds. The summed E-state index contributed by atoms with van der Waals surface area (Å²) in [5, 5.41) is 13.6. The van der Waals surface area contributed by atoms with E-state index in [1.165, 1.54) is 12.1 Å². The lowest BCUT2D eigenvalue weighted by Crippen LogP contribution is -2.35. The van der Waals surface area contributed by atoms with Crippen LogP contribution in [0, 0.1) is 12.7 Å². The van der Waals surface area contributed by atoms with Crippen molar-refractivity contribution in [2.24, 2.45) is 0 Å². The summed E-state index contributed by atoms with van der Waals surface area (Å²) in [6, 6.07) is 14.3. The summed E-state index contributed by atoms with van der Waals surface area (Å²) in [7, 11) is 0. The minimum atomic E-state index is -0.300. The molecule has 0 fully saturated rings. The van der Waals surface area contributed by atoms with Crippen LogP contribution in [0.5, 0.6) is 0 Å². The fourth-order valence-corrected chi connectivity index (χ4v) is 4.29. The van der Waals surface area contributed by atoms with Gasteiger partial charge in [0.2, 0.25) is 0 Å². The molecule has 2 heterocycles. The van der Waals surface area contributed by atoms with Gasteiger partial charge in [-0.05, 0) is 85.8 Å². The topological polar surface area (TPSA) is 79.7 Å². The molecule has 8 heteroatoms. The van der Waals surface area contributed by atoms with Crippen molar-refractivity contribution < 1.29 is 4.39 Å². The van der Waals surface area contributed by atoms with Crippen molar-refractivity contribution in [2.45, 2.75) is 65.7 Å². The number of aromatic amines is 1. The molecule has 0 aliphatic carbocycles. The second-order valence-electron chi connectivity index (χ2n) is 9.79. The van der Waals surface area contributed by atoms with Crippen LogP contribution in [-0.2, 0) is 18.6 Å². The van der Waals surface area contributed by atoms with Crippen LogP contribution in [0.3, 0.4) is 0 Å². The Morgan fingerprint density at radius 2 is 1.82 bits per heavy atom. The minimum Gasteiger partial charge on any atom is -0.322 e. The number of aromatic nitrogens is 5. The van der Waals surface area contributed by atoms with E-state index in [1.807, 2.05) is 29.8 Å². The first-order valence-electron chi connectivity index (χ1n) is 11.6. The maximum Gasteiger partial charge on any atom is 0.252 e. The number of fused-ring (bicyclic) bond motifs is 1. The lowest BCUT2D eigenvalue weighted by atomic mass is 10.0. The van der Waals surface area contributed by atoms with Gasteiger partial charge in [-0.1, -0.05) is 30.7 Å². The predicted molar refractivity (Wildman–Crippen MR) is 131 cm³/mol. The van der Waals surface area contributed by atoms with Gasteiger partial charge in [-0.2, -0.15) is 0 Å². The number of benzene rings is 2. The van der Waals surface area contributed by atoms with Gasteiger partial charge in [0.25, 0.3) is 5.56 Å². The van der Waals surface area contributed by atoms with E-state index in [2.05, 4.69) is 59.2 Å². The highest BCUT2D eigenvalue weighted by molar-refractivity contribution is 5.79. The van der Waals surface area contributed by atoms with E-state index in [0.29, 0.717) is 18.7 Å². The summed E-state index contributed by atoms with van der Waals surface area (Å²) in [5.41, 5.74) is 3.13. The third-order valence-electron chi connectivity index (χ3n) is 6.00. The monoisotopic (exact) mass is 462 g/mol. The zero-order valence-electron chi connectivity index (χ0n) is 20.3. The molecule has 4 aromatic rings. The van der Waals surface area contributed by atoms with Crippen LogP contribution in [0.4, 0.5) is 4.39 Å². The zero-order chi connectivity index (χ0) is 24.5. The molecule has 7 nitrogen and oxygen atoms in total. The second kappa shape index (κ2) is 9.46. The predicted octanol–water partition coefficient (Wildman–Crippen LogP) is 4.87. The Morgan fingerprint density at radius 1 is 1.09 bits per heavy atom. The highest BCUT2D eigenvalue weighted by atomic mass is 19.1. The van der Waals surface area contributed by atoms with E-state index >= 15 is 0 Å². The Labute approximate surface area is 198 Å². The number of halogens is 1. The van der Waals surface area contributed by atoms with E-state index < -0.39 is 0 Å². The Morgan fingerprint density at radius 3 is 2.50 bits per heavy atom. The number of tetrazole rings is 1. The van der Waals surface area contributed by atoms with Crippen molar-refractivity contribution in [2.75, 3.05) is 0 Å². The van der Waals surface area contributed by atoms with E-state index in [1.54, 1.807) is 12.1 Å². The summed E-state index contributed by atoms with van der Waals surface area (Å²) in [4.78, 5) is 18.2. The summed E-state index contributed by atoms with van der Waals surface area (Å²) < 4.78 is 15.4. The number of hydrogen-bond donors (Lipinski definition) is 1. The smallest absolute Gasteiger partial charge is 0.252 e. The molecule has 1 N–H and O–H groups in total. The molecule has 1 unspecified atom stereocenters. The Hall–Kier alpha value is -3.39. The lowest BCUT2D eigenvalue weighted by Gasteiger charge is -2.32. The van der Waals surface area contributed by atoms with E-state index in [-0.39, 0.29) is 23.0 Å². The van der Waals surface area contributed by atoms with Crippen LogP contribution in [-0.4, -0.2) is 30.1 Å². The number of nitrogens with zero attached hydrogens (tertiary/aromatic N) is 5. The molecule has 0 aliphatic rings. The molecular weight excluding hydrogens is 431 g/mol. The van der Waals surface area contributed by atoms with Crippen molar-refractivity contribution in [3.63, 3.8) is 0 Å². The molecule has 0 saturated heterocycles. The third-order valence-corrected chi connectivity index (χ3v) is 6.00. The van der Waals surface area contributed by atoms with Gasteiger partial charge in [-0.3, -0.25) is 9.69 Å². The number of H-pyrrole nitrogens is 1. The number of aryl methyl sites for hydroxylation is 1. The number of pyridine rings is 1. The average molecular weight is 463 g/mol. The zero-order valence-corrected chi connectivity index (χ0v) is 20.3. The number of rotatable bonds is 7. The SMILES string of the molecule is CCC(c1nnnn1C(C)(C)C)N(Cc1ccc(F)cc1)Cc1cc2cc(C)ccc2[nH]c1=O. The molecule has 1 atom stereocenters. The van der Waals surface area contributed by atoms with Crippen LogP contribution in [0.1, 0.15) is 62.7 Å². The quantitative estimate of drug-likeness (QED) is 0.424. The van der Waals surface area contributed by atoms with Crippen LogP contribution >= 0.6 is 0 Å². The standard InChI is InChI=1S/C26H31FN6O/c1-6-23(24-29-30-31-33(24)26(3,4)5)32(15-18-8-10-21(27)11-9-18)16-20-14-19-13-17(2)7-12-22(19)28-25(20)34/h7-14,23H,6,15-16H2,1-5H3,(H,28,34). The molecule has 178 valence electrons. The Balaban J connectivity index is 1.77. The highest BCUT2D eigenvalue weighted by Crippen LogP contribution is 2.29. The highest BCUT2D eigenvalue weighted by Gasteiger charge is 2.29. The minimum absolute atomic E-state index is 0.120. The first-order valence-corrected chi connectivity index (χ1v) is 11.6. The van der Waals surface area contributed by atoms with E-state index in [9.17, 15) is 9.18 Å². The molecule has 2 aromatic carbocycles. The average Bonchev–Trinajstić information content (AvgIpc) is 3.27. The largest absolute Gasteiger partial charge is 0.322 e. The van der Waals surface area contributed by atoms with Crippen LogP contribution < -0.4 is 5.56 Å². The van der Waals surface area contributed by atoms with Gasteiger partial charge >= 0.3 is 0 Å². The third kappa shape index (κ3) is 5.07. The first-order chi connectivity index (χ1) is 16.2. The van der Waals surface area contributed by atoms with Gasteiger partial charge in [0.15, 0.2) is 5.82 Å². The van der Waals surface area contributed by atoms with Gasteiger partial charge in [0.1, 0.15) is 5.82 Å². The van der Waals surface area contributed by atoms with Gasteiger partial charge in [-0.15, -0.1) is 5.10 Å². The summed E-state index contributed by atoms with van der Waals surface area (Å²) in [6.45, 7) is 11.2. The van der Waals surface area contributed by atoms with Crippen molar-refractivity contribution in [3.8, 4) is 0 Å². The Kier molecular flexibility index (Phi) is 6.61. The normalized spacial score (nSPS) is 13.0. The summed E-state index contributed by atoms with van der Waals surface area (Å²) >= 11 is 0. The maximum atomic E-state index is 13.5. The van der Waals surface area contributed by atoms with Crippen LogP contribution in [0.2, 0.25) is 0 Å². The Bertz CT molecular complexity index is 1340. The van der Waals surface area contributed by atoms with Gasteiger partial charge < -0.3 is 4.98 Å². The molecule has 2 aromatic heterocycles. The molecule has 0 bridgehead atoms.